The molecule has 184 valence electrons. The number of amides is 1. The minimum atomic E-state index is -3.62. The van der Waals surface area contributed by atoms with Gasteiger partial charge in [-0.3, -0.25) is 10.1 Å². The maximum Gasteiger partial charge on any atom is 0.243 e. The molecule has 2 aliphatic heterocycles. The Kier molecular flexibility index (Phi) is 7.09. The molecule has 0 bridgehead atoms. The van der Waals surface area contributed by atoms with Crippen LogP contribution in [0.5, 0.6) is 11.5 Å². The van der Waals surface area contributed by atoms with Crippen LogP contribution >= 0.6 is 11.6 Å². The topological polar surface area (TPSA) is 88.2 Å². The fraction of sp³-hybridized carbons (Fsp3) is 0.458. The van der Waals surface area contributed by atoms with Crippen LogP contribution in [0.15, 0.2) is 47.4 Å². The quantitative estimate of drug-likeness (QED) is 0.620. The van der Waals surface area contributed by atoms with Crippen LogP contribution in [0, 0.1) is 0 Å². The van der Waals surface area contributed by atoms with Gasteiger partial charge < -0.3 is 14.4 Å². The van der Waals surface area contributed by atoms with Crippen LogP contribution in [0.3, 0.4) is 0 Å². The van der Waals surface area contributed by atoms with Gasteiger partial charge in [-0.2, -0.15) is 4.31 Å². The SMILES string of the molecule is COc1ccc(CCN2C(=O)[C@@H](C)NC23CCN(S(=O)(=O)c2ccc(Cl)cc2)CC3)cc1OC. The molecule has 1 spiro atoms. The molecule has 0 saturated carbocycles. The predicted octanol–water partition coefficient (Wildman–Crippen LogP) is 2.90. The molecule has 34 heavy (non-hydrogen) atoms. The number of carbonyl (C=O) groups excluding carboxylic acids is 1. The van der Waals surface area contributed by atoms with Gasteiger partial charge in [0.2, 0.25) is 15.9 Å². The smallest absolute Gasteiger partial charge is 0.243 e. The van der Waals surface area contributed by atoms with Crippen molar-refractivity contribution in [2.24, 2.45) is 0 Å². The number of halogens is 1. The van der Waals surface area contributed by atoms with Gasteiger partial charge in [0.25, 0.3) is 0 Å². The molecule has 0 radical (unpaired) electrons. The van der Waals surface area contributed by atoms with Crippen molar-refractivity contribution < 1.29 is 22.7 Å². The normalized spacial score (nSPS) is 20.6. The van der Waals surface area contributed by atoms with E-state index in [0.29, 0.717) is 55.4 Å². The van der Waals surface area contributed by atoms with Gasteiger partial charge >= 0.3 is 0 Å². The van der Waals surface area contributed by atoms with E-state index in [0.717, 1.165) is 5.56 Å². The second kappa shape index (κ2) is 9.73. The first-order valence-electron chi connectivity index (χ1n) is 11.3. The van der Waals surface area contributed by atoms with E-state index in [1.54, 1.807) is 26.4 Å². The summed E-state index contributed by atoms with van der Waals surface area (Å²) in [5, 5.41) is 3.95. The monoisotopic (exact) mass is 507 g/mol. The van der Waals surface area contributed by atoms with E-state index in [1.165, 1.54) is 16.4 Å². The highest BCUT2D eigenvalue weighted by Crippen LogP contribution is 2.35. The van der Waals surface area contributed by atoms with Crippen LogP contribution in [0.25, 0.3) is 0 Å². The minimum absolute atomic E-state index is 0.0366. The third kappa shape index (κ3) is 4.62. The maximum atomic E-state index is 13.1. The van der Waals surface area contributed by atoms with E-state index in [1.807, 2.05) is 30.0 Å². The van der Waals surface area contributed by atoms with Crippen molar-refractivity contribution in [3.63, 3.8) is 0 Å². The highest BCUT2D eigenvalue weighted by atomic mass is 35.5. The summed E-state index contributed by atoms with van der Waals surface area (Å²) < 4.78 is 38.4. The molecule has 2 fully saturated rings. The molecule has 2 saturated heterocycles. The van der Waals surface area contributed by atoms with Gasteiger partial charge in [0.1, 0.15) is 0 Å². The van der Waals surface area contributed by atoms with Crippen LogP contribution in [0.4, 0.5) is 0 Å². The Bertz CT molecular complexity index is 1150. The summed E-state index contributed by atoms with van der Waals surface area (Å²) in [7, 11) is -0.432. The summed E-state index contributed by atoms with van der Waals surface area (Å²) >= 11 is 5.91. The van der Waals surface area contributed by atoms with E-state index >= 15 is 0 Å². The number of methoxy groups -OCH3 is 2. The lowest BCUT2D eigenvalue weighted by atomic mass is 9.96. The highest BCUT2D eigenvalue weighted by Gasteiger charge is 2.50. The number of nitrogens with zero attached hydrogens (tertiary/aromatic N) is 2. The number of carbonyl (C=O) groups is 1. The van der Waals surface area contributed by atoms with Crippen molar-refractivity contribution in [3.8, 4) is 11.5 Å². The molecule has 10 heteroatoms. The van der Waals surface area contributed by atoms with Crippen molar-refractivity contribution >= 4 is 27.5 Å². The van der Waals surface area contributed by atoms with Crippen LogP contribution in [-0.2, 0) is 21.2 Å². The number of hydrogen-bond acceptors (Lipinski definition) is 6. The Morgan fingerprint density at radius 3 is 2.32 bits per heavy atom. The van der Waals surface area contributed by atoms with E-state index in [4.69, 9.17) is 21.1 Å². The molecule has 0 aliphatic carbocycles. The van der Waals surface area contributed by atoms with Gasteiger partial charge in [-0.1, -0.05) is 17.7 Å². The molecule has 2 aromatic carbocycles. The summed E-state index contributed by atoms with van der Waals surface area (Å²) in [6.07, 6.45) is 1.68. The number of rotatable bonds is 7. The molecule has 0 aromatic heterocycles. The largest absolute Gasteiger partial charge is 0.493 e. The maximum absolute atomic E-state index is 13.1. The van der Waals surface area contributed by atoms with E-state index < -0.39 is 15.7 Å². The molecule has 2 heterocycles. The number of piperidine rings is 1. The molecule has 2 aliphatic rings. The van der Waals surface area contributed by atoms with Gasteiger partial charge in [0, 0.05) is 24.7 Å². The number of nitrogens with one attached hydrogen (secondary N) is 1. The standard InChI is InChI=1S/C24H30ClN3O5S/c1-17-23(29)28(13-10-18-4-9-21(32-2)22(16-18)33-3)24(26-17)11-14-27(15-12-24)34(30,31)20-7-5-19(25)6-8-20/h4-9,16-17,26H,10-15H2,1-3H3/t17-/m1/s1. The van der Waals surface area contributed by atoms with Crippen molar-refractivity contribution in [3.05, 3.63) is 53.1 Å². The molecular weight excluding hydrogens is 478 g/mol. The first-order chi connectivity index (χ1) is 16.2. The zero-order chi connectivity index (χ0) is 24.5. The molecule has 0 unspecified atom stereocenters. The third-order valence-corrected chi connectivity index (χ3v) is 8.88. The fourth-order valence-corrected chi connectivity index (χ4v) is 6.42. The van der Waals surface area contributed by atoms with Crippen LogP contribution < -0.4 is 14.8 Å². The number of sulfonamides is 1. The van der Waals surface area contributed by atoms with E-state index in [2.05, 4.69) is 5.32 Å². The Labute approximate surface area is 205 Å². The van der Waals surface area contributed by atoms with Crippen LogP contribution in [0.1, 0.15) is 25.3 Å². The third-order valence-electron chi connectivity index (χ3n) is 6.71. The summed E-state index contributed by atoms with van der Waals surface area (Å²) in [5.41, 5.74) is 0.474. The second-order valence-electron chi connectivity index (χ2n) is 8.68. The second-order valence-corrected chi connectivity index (χ2v) is 11.1. The predicted molar refractivity (Wildman–Crippen MR) is 130 cm³/mol. The van der Waals surface area contributed by atoms with Gasteiger partial charge in [-0.05, 0) is 68.1 Å². The number of ether oxygens (including phenoxy) is 2. The number of hydrogen-bond donors (Lipinski definition) is 1. The van der Waals surface area contributed by atoms with E-state index in [-0.39, 0.29) is 16.8 Å². The average molecular weight is 508 g/mol. The zero-order valence-electron chi connectivity index (χ0n) is 19.6. The molecule has 8 nitrogen and oxygen atoms in total. The molecule has 2 aromatic rings. The van der Waals surface area contributed by atoms with Gasteiger partial charge in [-0.25, -0.2) is 8.42 Å². The zero-order valence-corrected chi connectivity index (χ0v) is 21.2. The lowest BCUT2D eigenvalue weighted by Gasteiger charge is -2.44. The van der Waals surface area contributed by atoms with Crippen LogP contribution in [-0.4, -0.2) is 69.1 Å². The van der Waals surface area contributed by atoms with Gasteiger partial charge in [-0.15, -0.1) is 0 Å². The molecule has 1 atom stereocenters. The summed E-state index contributed by atoms with van der Waals surface area (Å²) in [4.78, 5) is 15.1. The fourth-order valence-electron chi connectivity index (χ4n) is 4.85. The van der Waals surface area contributed by atoms with Crippen molar-refractivity contribution in [1.29, 1.82) is 0 Å². The molecular formula is C24H30ClN3O5S. The molecule has 1 N–H and O–H groups in total. The van der Waals surface area contributed by atoms with Gasteiger partial charge in [0.15, 0.2) is 11.5 Å². The first-order valence-corrected chi connectivity index (χ1v) is 13.1. The average Bonchev–Trinajstić information content (AvgIpc) is 3.06. The van der Waals surface area contributed by atoms with Crippen molar-refractivity contribution in [2.75, 3.05) is 33.9 Å². The molecule has 4 rings (SSSR count). The Morgan fingerprint density at radius 2 is 1.71 bits per heavy atom. The Morgan fingerprint density at radius 1 is 1.06 bits per heavy atom. The van der Waals surface area contributed by atoms with Crippen molar-refractivity contribution in [2.45, 2.75) is 42.8 Å². The Hall–Kier alpha value is -2.33. The van der Waals surface area contributed by atoms with Gasteiger partial charge in [0.05, 0.1) is 30.8 Å². The lowest BCUT2D eigenvalue weighted by molar-refractivity contribution is -0.132. The summed E-state index contributed by atoms with van der Waals surface area (Å²) in [6, 6.07) is 11.6. The highest BCUT2D eigenvalue weighted by molar-refractivity contribution is 7.89. The summed E-state index contributed by atoms with van der Waals surface area (Å²) in [6.45, 7) is 3.03. The van der Waals surface area contributed by atoms with E-state index in [9.17, 15) is 13.2 Å². The number of benzene rings is 2. The van der Waals surface area contributed by atoms with Crippen LogP contribution in [0.2, 0.25) is 5.02 Å². The minimum Gasteiger partial charge on any atom is -0.493 e. The van der Waals surface area contributed by atoms with Crippen molar-refractivity contribution in [1.82, 2.24) is 14.5 Å². The summed E-state index contributed by atoms with van der Waals surface area (Å²) in [5.74, 6) is 1.34. The lowest BCUT2D eigenvalue weighted by Crippen LogP contribution is -2.59. The first kappa shape index (κ1) is 24.8. The molecule has 1 amide bonds. The Balaban J connectivity index is 1.47.